The highest BCUT2D eigenvalue weighted by Crippen LogP contribution is 2.30. The molecule has 0 fully saturated rings. The van der Waals surface area contributed by atoms with Gasteiger partial charge in [0.2, 0.25) is 11.1 Å². The minimum atomic E-state index is -0.170. The van der Waals surface area contributed by atoms with Crippen molar-refractivity contribution in [2.75, 3.05) is 16.9 Å². The number of amides is 1. The maximum Gasteiger partial charge on any atom is 0.234 e. The Balaban J connectivity index is 1.47. The molecule has 0 atom stereocenters. The Morgan fingerprint density at radius 2 is 1.86 bits per heavy atom. The van der Waals surface area contributed by atoms with Gasteiger partial charge in [-0.1, -0.05) is 71.4 Å². The molecule has 3 aromatic carbocycles. The summed E-state index contributed by atoms with van der Waals surface area (Å²) in [6.45, 7) is 0. The van der Waals surface area contributed by atoms with Crippen LogP contribution in [0.1, 0.15) is 0 Å². The lowest BCUT2D eigenvalue weighted by Gasteiger charge is -2.09. The number of nitrogens with one attached hydrogen (secondary N) is 1. The lowest BCUT2D eigenvalue weighted by atomic mass is 10.1. The van der Waals surface area contributed by atoms with Crippen LogP contribution < -0.4 is 11.2 Å². The van der Waals surface area contributed by atoms with Crippen LogP contribution in [0.15, 0.2) is 65.8 Å². The second kappa shape index (κ2) is 8.32. The molecule has 4 rings (SSSR count). The standard InChI is InChI=1S/C20H15Cl2N5OS/c21-13-8-9-16(22)15(10-13)19-25-26-20(27(19)23)29-11-18(28)24-17-7-3-5-12-4-1-2-6-14(12)17/h1-10H,11,23H2,(H,24,28). The van der Waals surface area contributed by atoms with Gasteiger partial charge in [-0.15, -0.1) is 10.2 Å². The Labute approximate surface area is 181 Å². The number of aromatic nitrogens is 3. The highest BCUT2D eigenvalue weighted by atomic mass is 35.5. The minimum Gasteiger partial charge on any atom is -0.335 e. The number of carbonyl (C=O) groups excluding carboxylic acids is 1. The van der Waals surface area contributed by atoms with Crippen LogP contribution in [0.3, 0.4) is 0 Å². The zero-order chi connectivity index (χ0) is 20.4. The molecule has 0 aliphatic rings. The highest BCUT2D eigenvalue weighted by molar-refractivity contribution is 7.99. The normalized spacial score (nSPS) is 11.0. The number of thioether (sulfide) groups is 1. The van der Waals surface area contributed by atoms with Crippen molar-refractivity contribution in [2.24, 2.45) is 0 Å². The molecule has 146 valence electrons. The van der Waals surface area contributed by atoms with Gasteiger partial charge in [-0.05, 0) is 29.7 Å². The molecule has 0 saturated heterocycles. The highest BCUT2D eigenvalue weighted by Gasteiger charge is 2.16. The van der Waals surface area contributed by atoms with Crippen molar-refractivity contribution in [1.82, 2.24) is 14.9 Å². The molecule has 0 spiro atoms. The SMILES string of the molecule is Nn1c(SCC(=O)Nc2cccc3ccccc23)nnc1-c1cc(Cl)ccc1Cl. The summed E-state index contributed by atoms with van der Waals surface area (Å²) >= 11 is 13.4. The third-order valence-electron chi connectivity index (χ3n) is 4.23. The number of benzene rings is 3. The summed E-state index contributed by atoms with van der Waals surface area (Å²) in [6.07, 6.45) is 0. The molecule has 0 aliphatic carbocycles. The Hall–Kier alpha value is -2.74. The van der Waals surface area contributed by atoms with Crippen LogP contribution in [0.5, 0.6) is 0 Å². The third-order valence-corrected chi connectivity index (χ3v) is 5.74. The van der Waals surface area contributed by atoms with Gasteiger partial charge in [0.15, 0.2) is 5.82 Å². The number of nitrogens with zero attached hydrogens (tertiary/aromatic N) is 3. The topological polar surface area (TPSA) is 85.8 Å². The van der Waals surface area contributed by atoms with E-state index < -0.39 is 0 Å². The van der Waals surface area contributed by atoms with E-state index in [0.717, 1.165) is 16.5 Å². The predicted octanol–water partition coefficient (Wildman–Crippen LogP) is 4.85. The zero-order valence-electron chi connectivity index (χ0n) is 15.0. The zero-order valence-corrected chi connectivity index (χ0v) is 17.3. The van der Waals surface area contributed by atoms with Crippen molar-refractivity contribution in [3.63, 3.8) is 0 Å². The first-order chi connectivity index (χ1) is 14.0. The Morgan fingerprint density at radius 3 is 2.72 bits per heavy atom. The van der Waals surface area contributed by atoms with Crippen molar-refractivity contribution in [1.29, 1.82) is 0 Å². The van der Waals surface area contributed by atoms with E-state index in [-0.39, 0.29) is 11.7 Å². The lowest BCUT2D eigenvalue weighted by Crippen LogP contribution is -2.16. The number of carbonyl (C=O) groups is 1. The van der Waals surface area contributed by atoms with Crippen LogP contribution in [-0.4, -0.2) is 26.5 Å². The van der Waals surface area contributed by atoms with Crippen LogP contribution in [0.4, 0.5) is 5.69 Å². The van der Waals surface area contributed by atoms with Crippen LogP contribution in [-0.2, 0) is 4.79 Å². The van der Waals surface area contributed by atoms with Crippen molar-refractivity contribution in [3.05, 3.63) is 70.7 Å². The number of nitrogen functional groups attached to an aromatic ring is 1. The summed E-state index contributed by atoms with van der Waals surface area (Å²) in [5, 5.41) is 14.5. The molecule has 0 bridgehead atoms. The molecule has 4 aromatic rings. The molecule has 3 N–H and O–H groups in total. The van der Waals surface area contributed by atoms with Crippen molar-refractivity contribution in [2.45, 2.75) is 5.16 Å². The second-order valence-electron chi connectivity index (χ2n) is 6.16. The number of rotatable bonds is 5. The van der Waals surface area contributed by atoms with Gasteiger partial charge in [-0.3, -0.25) is 4.79 Å². The summed E-state index contributed by atoms with van der Waals surface area (Å²) in [7, 11) is 0. The molecule has 0 unspecified atom stereocenters. The number of fused-ring (bicyclic) bond motifs is 1. The first-order valence-corrected chi connectivity index (χ1v) is 10.3. The fourth-order valence-electron chi connectivity index (χ4n) is 2.88. The van der Waals surface area contributed by atoms with Gasteiger partial charge in [0, 0.05) is 21.7 Å². The van der Waals surface area contributed by atoms with E-state index in [1.807, 2.05) is 42.5 Å². The Kier molecular flexibility index (Phi) is 5.62. The third kappa shape index (κ3) is 4.17. The van der Waals surface area contributed by atoms with E-state index in [9.17, 15) is 4.79 Å². The summed E-state index contributed by atoms with van der Waals surface area (Å²) < 4.78 is 1.30. The van der Waals surface area contributed by atoms with E-state index >= 15 is 0 Å². The van der Waals surface area contributed by atoms with E-state index in [1.54, 1.807) is 18.2 Å². The lowest BCUT2D eigenvalue weighted by molar-refractivity contribution is -0.113. The summed E-state index contributed by atoms with van der Waals surface area (Å²) in [5.41, 5.74) is 1.33. The van der Waals surface area contributed by atoms with Gasteiger partial charge in [0.05, 0.1) is 10.8 Å². The smallest absolute Gasteiger partial charge is 0.234 e. The predicted molar refractivity (Wildman–Crippen MR) is 119 cm³/mol. The molecule has 29 heavy (non-hydrogen) atoms. The van der Waals surface area contributed by atoms with Crippen molar-refractivity contribution >= 4 is 57.3 Å². The van der Waals surface area contributed by atoms with E-state index in [4.69, 9.17) is 29.0 Å². The molecule has 0 saturated carbocycles. The van der Waals surface area contributed by atoms with Gasteiger partial charge in [0.25, 0.3) is 0 Å². The largest absolute Gasteiger partial charge is 0.335 e. The van der Waals surface area contributed by atoms with Gasteiger partial charge in [0.1, 0.15) is 0 Å². The number of nitrogens with two attached hydrogens (primary N) is 1. The fourth-order valence-corrected chi connectivity index (χ4v) is 3.91. The van der Waals surface area contributed by atoms with Crippen LogP contribution in [0.2, 0.25) is 10.0 Å². The molecule has 0 radical (unpaired) electrons. The summed E-state index contributed by atoms with van der Waals surface area (Å²) in [4.78, 5) is 12.4. The Bertz CT molecular complexity index is 1210. The molecule has 9 heteroatoms. The van der Waals surface area contributed by atoms with Crippen LogP contribution in [0.25, 0.3) is 22.2 Å². The quantitative estimate of drug-likeness (QED) is 0.340. The Morgan fingerprint density at radius 1 is 1.07 bits per heavy atom. The van der Waals surface area contributed by atoms with Crippen molar-refractivity contribution < 1.29 is 4.79 Å². The molecular weight excluding hydrogens is 429 g/mol. The average molecular weight is 444 g/mol. The maximum absolute atomic E-state index is 12.4. The maximum atomic E-state index is 12.4. The molecular formula is C20H15Cl2N5OS. The number of hydrogen-bond acceptors (Lipinski definition) is 5. The van der Waals surface area contributed by atoms with Gasteiger partial charge < -0.3 is 11.2 Å². The molecule has 1 aromatic heterocycles. The average Bonchev–Trinajstić information content (AvgIpc) is 3.09. The first-order valence-electron chi connectivity index (χ1n) is 8.59. The van der Waals surface area contributed by atoms with Crippen LogP contribution >= 0.6 is 35.0 Å². The summed E-state index contributed by atoms with van der Waals surface area (Å²) in [6, 6.07) is 18.6. The molecule has 1 heterocycles. The number of halogens is 2. The minimum absolute atomic E-state index is 0.127. The van der Waals surface area contributed by atoms with E-state index in [1.165, 1.54) is 16.4 Å². The summed E-state index contributed by atoms with van der Waals surface area (Å²) in [5.74, 6) is 6.43. The van der Waals surface area contributed by atoms with Gasteiger partial charge >= 0.3 is 0 Å². The molecule has 6 nitrogen and oxygen atoms in total. The van der Waals surface area contributed by atoms with Crippen molar-refractivity contribution in [3.8, 4) is 11.4 Å². The van der Waals surface area contributed by atoms with E-state index in [2.05, 4.69) is 15.5 Å². The molecule has 1 amide bonds. The second-order valence-corrected chi connectivity index (χ2v) is 7.95. The first kappa shape index (κ1) is 19.6. The van der Waals surface area contributed by atoms with Crippen LogP contribution in [0, 0.1) is 0 Å². The van der Waals surface area contributed by atoms with Gasteiger partial charge in [-0.2, -0.15) is 0 Å². The van der Waals surface area contributed by atoms with E-state index in [0.29, 0.717) is 26.6 Å². The fraction of sp³-hybridized carbons (Fsp3) is 0.0500. The monoisotopic (exact) mass is 443 g/mol. The number of anilines is 1. The van der Waals surface area contributed by atoms with Gasteiger partial charge in [-0.25, -0.2) is 4.68 Å². The molecule has 0 aliphatic heterocycles. The number of hydrogen-bond donors (Lipinski definition) is 2.